The number of hydrogen-bond acceptors (Lipinski definition) is 4. The zero-order valence-electron chi connectivity index (χ0n) is 15.2. The van der Waals surface area contributed by atoms with Crippen LogP contribution in [0.25, 0.3) is 0 Å². The van der Waals surface area contributed by atoms with Crippen molar-refractivity contribution in [3.8, 4) is 5.75 Å². The van der Waals surface area contributed by atoms with E-state index in [1.54, 1.807) is 36.4 Å². The van der Waals surface area contributed by atoms with Gasteiger partial charge in [0.2, 0.25) is 0 Å². The van der Waals surface area contributed by atoms with Gasteiger partial charge in [-0.3, -0.25) is 4.79 Å². The number of ether oxygens (including phenoxy) is 1. The third-order valence-electron chi connectivity index (χ3n) is 4.30. The summed E-state index contributed by atoms with van der Waals surface area (Å²) in [6, 6.07) is 12.9. The minimum absolute atomic E-state index is 0.0353. The largest absolute Gasteiger partial charge is 0.496 e. The molecule has 1 fully saturated rings. The molecule has 0 atom stereocenters. The van der Waals surface area contributed by atoms with E-state index in [1.165, 1.54) is 19.2 Å². The number of carbonyl (C=O) groups excluding carboxylic acids is 1. The number of likely N-dealkylation sites (tertiary alicyclic amines) is 1. The minimum atomic E-state index is -3.84. The predicted molar refractivity (Wildman–Crippen MR) is 104 cm³/mol. The van der Waals surface area contributed by atoms with Gasteiger partial charge in [-0.05, 0) is 36.8 Å². The van der Waals surface area contributed by atoms with Gasteiger partial charge in [0.25, 0.3) is 15.9 Å². The second kappa shape index (κ2) is 7.79. The molecule has 142 valence electrons. The first-order valence-electron chi connectivity index (χ1n) is 8.50. The van der Waals surface area contributed by atoms with E-state index in [1.807, 2.05) is 11.9 Å². The van der Waals surface area contributed by atoms with Gasteiger partial charge in [-0.1, -0.05) is 18.2 Å². The van der Waals surface area contributed by atoms with Crippen LogP contribution in [0.5, 0.6) is 5.75 Å². The fourth-order valence-electron chi connectivity index (χ4n) is 2.87. The summed E-state index contributed by atoms with van der Waals surface area (Å²) in [5, 5.41) is 2.71. The van der Waals surface area contributed by atoms with E-state index in [9.17, 15) is 13.2 Å². The van der Waals surface area contributed by atoms with E-state index in [2.05, 4.69) is 9.71 Å². The normalized spacial score (nSPS) is 15.8. The molecule has 0 radical (unpaired) electrons. The molecule has 1 saturated heterocycles. The lowest BCUT2D eigenvalue weighted by Crippen LogP contribution is -2.20. The van der Waals surface area contributed by atoms with Crippen molar-refractivity contribution in [2.45, 2.75) is 17.7 Å². The SMILES string of the molecule is COc1ccccc1C(=O)Nc1cccc(S(=O)(=O)N=C2CCCN2C)c1. The van der Waals surface area contributed by atoms with E-state index in [4.69, 9.17) is 4.74 Å². The van der Waals surface area contributed by atoms with Crippen molar-refractivity contribution in [2.75, 3.05) is 26.0 Å². The van der Waals surface area contributed by atoms with Gasteiger partial charge in [0.15, 0.2) is 0 Å². The second-order valence-electron chi connectivity index (χ2n) is 6.19. The van der Waals surface area contributed by atoms with E-state index >= 15 is 0 Å². The first-order valence-corrected chi connectivity index (χ1v) is 9.94. The number of amides is 1. The van der Waals surface area contributed by atoms with Gasteiger partial charge in [0.1, 0.15) is 11.6 Å². The van der Waals surface area contributed by atoms with E-state index in [0.717, 1.165) is 13.0 Å². The monoisotopic (exact) mass is 387 g/mol. The van der Waals surface area contributed by atoms with E-state index in [0.29, 0.717) is 29.3 Å². The topological polar surface area (TPSA) is 88.1 Å². The molecule has 1 aliphatic heterocycles. The summed E-state index contributed by atoms with van der Waals surface area (Å²) in [6.45, 7) is 0.795. The fourth-order valence-corrected chi connectivity index (χ4v) is 4.01. The number of para-hydroxylation sites is 1. The minimum Gasteiger partial charge on any atom is -0.496 e. The summed E-state index contributed by atoms with van der Waals surface area (Å²) in [7, 11) is -0.533. The molecule has 0 aromatic heterocycles. The molecule has 2 aromatic rings. The fraction of sp³-hybridized carbons (Fsp3) is 0.263. The maximum atomic E-state index is 12.6. The molecule has 27 heavy (non-hydrogen) atoms. The number of carbonyl (C=O) groups is 1. The highest BCUT2D eigenvalue weighted by Gasteiger charge is 2.21. The van der Waals surface area contributed by atoms with E-state index < -0.39 is 10.0 Å². The van der Waals surface area contributed by atoms with Crippen LogP contribution < -0.4 is 10.1 Å². The lowest BCUT2D eigenvalue weighted by atomic mass is 10.2. The van der Waals surface area contributed by atoms with Gasteiger partial charge in [0.05, 0.1) is 17.6 Å². The quantitative estimate of drug-likeness (QED) is 0.852. The molecule has 8 heteroatoms. The van der Waals surface area contributed by atoms with E-state index in [-0.39, 0.29) is 10.8 Å². The Morgan fingerprint density at radius 1 is 1.19 bits per heavy atom. The zero-order valence-corrected chi connectivity index (χ0v) is 16.0. The zero-order chi connectivity index (χ0) is 19.4. The summed E-state index contributed by atoms with van der Waals surface area (Å²) in [6.07, 6.45) is 1.53. The van der Waals surface area contributed by atoms with Gasteiger partial charge in [-0.25, -0.2) is 0 Å². The average molecular weight is 387 g/mol. The Morgan fingerprint density at radius 3 is 2.67 bits per heavy atom. The molecule has 0 bridgehead atoms. The van der Waals surface area contributed by atoms with Crippen molar-refractivity contribution >= 4 is 27.5 Å². The number of hydrogen-bond donors (Lipinski definition) is 1. The van der Waals surface area contributed by atoms with Crippen molar-refractivity contribution in [3.63, 3.8) is 0 Å². The number of benzene rings is 2. The summed E-state index contributed by atoms with van der Waals surface area (Å²) in [5.74, 6) is 0.608. The smallest absolute Gasteiger partial charge is 0.284 e. The molecule has 0 unspecified atom stereocenters. The molecule has 1 aliphatic rings. The van der Waals surface area contributed by atoms with Crippen LogP contribution in [-0.2, 0) is 10.0 Å². The van der Waals surface area contributed by atoms with Crippen molar-refractivity contribution in [1.82, 2.24) is 4.90 Å². The number of sulfonamides is 1. The van der Waals surface area contributed by atoms with Crippen molar-refractivity contribution < 1.29 is 17.9 Å². The number of rotatable bonds is 5. The number of nitrogens with one attached hydrogen (secondary N) is 1. The molecular weight excluding hydrogens is 366 g/mol. The summed E-state index contributed by atoms with van der Waals surface area (Å²) < 4.78 is 34.3. The predicted octanol–water partition coefficient (Wildman–Crippen LogP) is 2.76. The Labute approximate surface area is 158 Å². The molecule has 1 heterocycles. The third kappa shape index (κ3) is 4.28. The van der Waals surface area contributed by atoms with Gasteiger partial charge >= 0.3 is 0 Å². The number of methoxy groups -OCH3 is 1. The third-order valence-corrected chi connectivity index (χ3v) is 5.60. The molecular formula is C19H21N3O4S. The number of anilines is 1. The van der Waals surface area contributed by atoms with Crippen LogP contribution in [0.2, 0.25) is 0 Å². The lowest BCUT2D eigenvalue weighted by Gasteiger charge is -2.12. The molecule has 1 N–H and O–H groups in total. The highest BCUT2D eigenvalue weighted by Crippen LogP contribution is 2.22. The van der Waals surface area contributed by atoms with Gasteiger partial charge < -0.3 is 15.0 Å². The molecule has 1 amide bonds. The van der Waals surface area contributed by atoms with Crippen molar-refractivity contribution in [2.24, 2.45) is 4.40 Å². The second-order valence-corrected chi connectivity index (χ2v) is 7.79. The van der Waals surface area contributed by atoms with Crippen LogP contribution in [0.4, 0.5) is 5.69 Å². The number of nitrogens with zero attached hydrogens (tertiary/aromatic N) is 2. The molecule has 2 aromatic carbocycles. The lowest BCUT2D eigenvalue weighted by molar-refractivity contribution is 0.102. The van der Waals surface area contributed by atoms with Crippen LogP contribution in [0.3, 0.4) is 0 Å². The van der Waals surface area contributed by atoms with Crippen LogP contribution in [0, 0.1) is 0 Å². The first kappa shape index (κ1) is 18.9. The maximum absolute atomic E-state index is 12.6. The Morgan fingerprint density at radius 2 is 1.96 bits per heavy atom. The Bertz CT molecular complexity index is 986. The highest BCUT2D eigenvalue weighted by molar-refractivity contribution is 7.90. The molecule has 0 spiro atoms. The molecule has 0 saturated carbocycles. The average Bonchev–Trinajstić information content (AvgIpc) is 3.06. The molecule has 3 rings (SSSR count). The first-order chi connectivity index (χ1) is 12.9. The maximum Gasteiger partial charge on any atom is 0.284 e. The summed E-state index contributed by atoms with van der Waals surface area (Å²) >= 11 is 0. The summed E-state index contributed by atoms with van der Waals surface area (Å²) in [4.78, 5) is 14.4. The van der Waals surface area contributed by atoms with Crippen molar-refractivity contribution in [3.05, 3.63) is 54.1 Å². The van der Waals surface area contributed by atoms with Crippen LogP contribution in [0.15, 0.2) is 57.8 Å². The van der Waals surface area contributed by atoms with Crippen LogP contribution >= 0.6 is 0 Å². The van der Waals surface area contributed by atoms with Crippen LogP contribution in [-0.4, -0.2) is 45.8 Å². The molecule has 0 aliphatic carbocycles. The Hall–Kier alpha value is -2.87. The van der Waals surface area contributed by atoms with Crippen molar-refractivity contribution in [1.29, 1.82) is 0 Å². The van der Waals surface area contributed by atoms with Gasteiger partial charge in [-0.2, -0.15) is 8.42 Å². The highest BCUT2D eigenvalue weighted by atomic mass is 32.2. The molecule has 7 nitrogen and oxygen atoms in total. The van der Waals surface area contributed by atoms with Gasteiger partial charge in [-0.15, -0.1) is 4.40 Å². The number of amidine groups is 1. The van der Waals surface area contributed by atoms with Gasteiger partial charge in [0, 0.05) is 25.7 Å². The standard InChI is InChI=1S/C19H21N3O4S/c1-22-12-6-11-18(22)21-27(24,25)15-8-5-7-14(13-15)20-19(23)16-9-3-4-10-17(16)26-2/h3-5,7-10,13H,6,11-12H2,1-2H3,(H,20,23). The Balaban J connectivity index is 1.84. The Kier molecular flexibility index (Phi) is 5.46. The van der Waals surface area contributed by atoms with Crippen LogP contribution in [0.1, 0.15) is 23.2 Å². The summed E-state index contributed by atoms with van der Waals surface area (Å²) in [5.41, 5.74) is 0.730.